The van der Waals surface area contributed by atoms with Crippen LogP contribution in [0.2, 0.25) is 0 Å². The average Bonchev–Trinajstić information content (AvgIpc) is 2.92. The number of nitrogens with one attached hydrogen (secondary N) is 1. The fraction of sp³-hybridized carbons (Fsp3) is 0.281. The van der Waals surface area contributed by atoms with Crippen molar-refractivity contribution in [2.45, 2.75) is 33.6 Å². The molecule has 0 bridgehead atoms. The summed E-state index contributed by atoms with van der Waals surface area (Å²) in [4.78, 5) is 26.5. The minimum absolute atomic E-state index is 0.171. The molecule has 208 valence electrons. The Morgan fingerprint density at radius 3 is 2.30 bits per heavy atom. The van der Waals surface area contributed by atoms with E-state index in [1.165, 1.54) is 4.90 Å². The van der Waals surface area contributed by atoms with E-state index in [1.807, 2.05) is 94.7 Å². The normalized spacial score (nSPS) is 11.0. The lowest BCUT2D eigenvalue weighted by molar-refractivity contribution is 0.209. The van der Waals surface area contributed by atoms with Crippen molar-refractivity contribution in [2.24, 2.45) is 0 Å². The van der Waals surface area contributed by atoms with Gasteiger partial charge < -0.3 is 19.7 Å². The number of hydrogen-bond acceptors (Lipinski definition) is 7. The van der Waals surface area contributed by atoms with Gasteiger partial charge in [0.1, 0.15) is 23.9 Å². The fourth-order valence-electron chi connectivity index (χ4n) is 4.23. The Bertz CT molecular complexity index is 1420. The number of aromatic nitrogens is 2. The van der Waals surface area contributed by atoms with Crippen LogP contribution in [0.4, 0.5) is 27.9 Å². The number of rotatable bonds is 10. The molecule has 1 heterocycles. The van der Waals surface area contributed by atoms with E-state index in [-0.39, 0.29) is 5.92 Å². The van der Waals surface area contributed by atoms with Gasteiger partial charge in [0.2, 0.25) is 5.95 Å². The number of hydrogen-bond donors (Lipinski definition) is 1. The van der Waals surface area contributed by atoms with Crippen molar-refractivity contribution in [3.05, 3.63) is 95.7 Å². The second-order valence-corrected chi connectivity index (χ2v) is 10.2. The number of carbonyl (C=O) groups is 1. The van der Waals surface area contributed by atoms with Crippen molar-refractivity contribution in [1.82, 2.24) is 14.9 Å². The summed E-state index contributed by atoms with van der Waals surface area (Å²) in [5, 5.41) is 3.23. The van der Waals surface area contributed by atoms with Crippen molar-refractivity contribution in [2.75, 3.05) is 37.5 Å². The number of benzene rings is 3. The summed E-state index contributed by atoms with van der Waals surface area (Å²) in [6, 6.07) is 22.9. The Morgan fingerprint density at radius 2 is 1.62 bits per heavy atom. The van der Waals surface area contributed by atoms with Crippen LogP contribution in [0.1, 0.15) is 36.5 Å². The van der Waals surface area contributed by atoms with Gasteiger partial charge in [-0.2, -0.15) is 4.98 Å². The van der Waals surface area contributed by atoms with Gasteiger partial charge in [0.25, 0.3) is 0 Å². The summed E-state index contributed by atoms with van der Waals surface area (Å²) in [5.74, 6) is 2.24. The molecule has 0 spiro atoms. The molecule has 1 aromatic heterocycles. The number of aryl methyl sites for hydroxylation is 2. The molecule has 0 atom stereocenters. The summed E-state index contributed by atoms with van der Waals surface area (Å²) < 4.78 is 11.8. The molecule has 4 aromatic rings. The fourth-order valence-corrected chi connectivity index (χ4v) is 4.23. The Hall–Kier alpha value is -4.43. The predicted octanol–water partition coefficient (Wildman–Crippen LogP) is 7.24. The summed E-state index contributed by atoms with van der Waals surface area (Å²) in [6.07, 6.45) is 1.08. The molecule has 0 fully saturated rings. The molecule has 0 saturated carbocycles. The average molecular weight is 540 g/mol. The maximum absolute atomic E-state index is 13.8. The van der Waals surface area contributed by atoms with Gasteiger partial charge in [-0.25, -0.2) is 14.7 Å². The molecule has 0 aliphatic heterocycles. The van der Waals surface area contributed by atoms with Crippen LogP contribution in [0.15, 0.2) is 79.0 Å². The summed E-state index contributed by atoms with van der Waals surface area (Å²) in [7, 11) is 4.02. The molecule has 0 radical (unpaired) electrons. The first-order valence-electron chi connectivity index (χ1n) is 13.4. The molecule has 1 amide bonds. The Kier molecular flexibility index (Phi) is 9.35. The van der Waals surface area contributed by atoms with Crippen LogP contribution in [0, 0.1) is 13.8 Å². The zero-order chi connectivity index (χ0) is 28.6. The van der Waals surface area contributed by atoms with Crippen LogP contribution >= 0.6 is 0 Å². The van der Waals surface area contributed by atoms with E-state index in [0.29, 0.717) is 29.8 Å². The molecular formula is C32H37N5O3. The highest BCUT2D eigenvalue weighted by molar-refractivity contribution is 5.97. The highest BCUT2D eigenvalue weighted by atomic mass is 16.6. The number of amides is 1. The van der Waals surface area contributed by atoms with Crippen LogP contribution in [-0.2, 0) is 0 Å². The molecule has 3 aromatic carbocycles. The molecule has 0 unspecified atom stereocenters. The number of nitrogens with zero attached hydrogens (tertiary/aromatic N) is 4. The first kappa shape index (κ1) is 28.6. The van der Waals surface area contributed by atoms with Crippen molar-refractivity contribution in [3.8, 4) is 11.5 Å². The van der Waals surface area contributed by atoms with E-state index in [0.717, 1.165) is 34.7 Å². The predicted molar refractivity (Wildman–Crippen MR) is 160 cm³/mol. The SMILES string of the molecule is Cc1cccc(C)c1OC(=O)N(c1ccnc(Nc2ccc(OCCN(C)C)cc2)n1)c1ccccc1C(C)C. The number of likely N-dealkylation sites (N-methyl/N-ethyl adjacent to an activating group) is 1. The maximum atomic E-state index is 13.8. The van der Waals surface area contributed by atoms with Gasteiger partial charge in [0.05, 0.1) is 5.69 Å². The molecule has 4 rings (SSSR count). The van der Waals surface area contributed by atoms with Crippen LogP contribution in [0.5, 0.6) is 11.5 Å². The van der Waals surface area contributed by atoms with Crippen LogP contribution in [-0.4, -0.2) is 48.2 Å². The lowest BCUT2D eigenvalue weighted by Crippen LogP contribution is -2.31. The van der Waals surface area contributed by atoms with Gasteiger partial charge in [0.15, 0.2) is 0 Å². The first-order valence-corrected chi connectivity index (χ1v) is 13.4. The lowest BCUT2D eigenvalue weighted by Gasteiger charge is -2.25. The number of anilines is 4. The minimum atomic E-state index is -0.547. The standard InChI is InChI=1S/C32H37N5O3/c1-22(2)27-12-7-8-13-28(27)37(32(38)40-30-23(3)10-9-11-24(30)4)29-18-19-33-31(35-29)34-25-14-16-26(17-15-25)39-21-20-36(5)6/h7-19,22H,20-21H2,1-6H3,(H,33,34,35). The van der Waals surface area contributed by atoms with Crippen molar-refractivity contribution in [1.29, 1.82) is 0 Å². The maximum Gasteiger partial charge on any atom is 0.425 e. The van der Waals surface area contributed by atoms with Gasteiger partial charge in [-0.1, -0.05) is 50.2 Å². The van der Waals surface area contributed by atoms with Gasteiger partial charge in [-0.15, -0.1) is 0 Å². The van der Waals surface area contributed by atoms with Crippen LogP contribution < -0.4 is 19.7 Å². The largest absolute Gasteiger partial charge is 0.492 e. The smallest absolute Gasteiger partial charge is 0.425 e. The van der Waals surface area contributed by atoms with E-state index in [9.17, 15) is 4.79 Å². The second-order valence-electron chi connectivity index (χ2n) is 10.2. The molecule has 1 N–H and O–H groups in total. The first-order chi connectivity index (χ1) is 19.2. The van der Waals surface area contributed by atoms with Crippen LogP contribution in [0.25, 0.3) is 0 Å². The van der Waals surface area contributed by atoms with Gasteiger partial charge >= 0.3 is 6.09 Å². The zero-order valence-electron chi connectivity index (χ0n) is 24.0. The third-order valence-electron chi connectivity index (χ3n) is 6.37. The topological polar surface area (TPSA) is 79.8 Å². The van der Waals surface area contributed by atoms with Gasteiger partial charge in [0, 0.05) is 24.5 Å². The molecule has 0 aliphatic rings. The third-order valence-corrected chi connectivity index (χ3v) is 6.37. The quantitative estimate of drug-likeness (QED) is 0.228. The van der Waals surface area contributed by atoms with Gasteiger partial charge in [-0.05, 0) is 80.9 Å². The van der Waals surface area contributed by atoms with E-state index >= 15 is 0 Å². The summed E-state index contributed by atoms with van der Waals surface area (Å²) in [6.45, 7) is 9.48. The van der Waals surface area contributed by atoms with Crippen LogP contribution in [0.3, 0.4) is 0 Å². The van der Waals surface area contributed by atoms with E-state index in [4.69, 9.17) is 14.5 Å². The van der Waals surface area contributed by atoms with E-state index in [2.05, 4.69) is 29.0 Å². The lowest BCUT2D eigenvalue weighted by atomic mass is 10.0. The molecule has 40 heavy (non-hydrogen) atoms. The molecular weight excluding hydrogens is 502 g/mol. The Balaban J connectivity index is 1.64. The Labute approximate surface area is 236 Å². The molecule has 8 heteroatoms. The monoisotopic (exact) mass is 539 g/mol. The summed E-state index contributed by atoms with van der Waals surface area (Å²) >= 11 is 0. The Morgan fingerprint density at radius 1 is 0.925 bits per heavy atom. The van der Waals surface area contributed by atoms with Crippen molar-refractivity contribution >= 4 is 29.2 Å². The number of carbonyl (C=O) groups excluding carboxylic acids is 1. The highest BCUT2D eigenvalue weighted by Crippen LogP contribution is 2.34. The van der Waals surface area contributed by atoms with E-state index in [1.54, 1.807) is 12.3 Å². The highest BCUT2D eigenvalue weighted by Gasteiger charge is 2.26. The third kappa shape index (κ3) is 7.15. The molecule has 0 aliphatic carbocycles. The minimum Gasteiger partial charge on any atom is -0.492 e. The summed E-state index contributed by atoms with van der Waals surface area (Å²) in [5.41, 5.74) is 4.26. The zero-order valence-corrected chi connectivity index (χ0v) is 24.0. The second kappa shape index (κ2) is 13.1. The number of para-hydroxylation sites is 2. The van der Waals surface area contributed by atoms with Crippen molar-refractivity contribution in [3.63, 3.8) is 0 Å². The molecule has 0 saturated heterocycles. The van der Waals surface area contributed by atoms with Gasteiger partial charge in [-0.3, -0.25) is 0 Å². The number of ether oxygens (including phenoxy) is 2. The molecule has 8 nitrogen and oxygen atoms in total. The van der Waals surface area contributed by atoms with Crippen molar-refractivity contribution < 1.29 is 14.3 Å². The van der Waals surface area contributed by atoms with E-state index < -0.39 is 6.09 Å².